The van der Waals surface area contributed by atoms with Gasteiger partial charge in [-0.15, -0.1) is 5.10 Å². The second-order valence-electron chi connectivity index (χ2n) is 4.89. The number of anilines is 1. The van der Waals surface area contributed by atoms with E-state index < -0.39 is 0 Å². The van der Waals surface area contributed by atoms with E-state index in [-0.39, 0.29) is 5.91 Å². The van der Waals surface area contributed by atoms with E-state index in [9.17, 15) is 4.79 Å². The van der Waals surface area contributed by atoms with Crippen molar-refractivity contribution in [3.8, 4) is 11.4 Å². The fourth-order valence-electron chi connectivity index (χ4n) is 2.13. The van der Waals surface area contributed by atoms with Gasteiger partial charge in [0, 0.05) is 24.7 Å². The first-order chi connectivity index (χ1) is 10.7. The fourth-order valence-corrected chi connectivity index (χ4v) is 2.83. The highest BCUT2D eigenvalue weighted by Crippen LogP contribution is 2.19. The maximum atomic E-state index is 12.0. The highest BCUT2D eigenvalue weighted by molar-refractivity contribution is 7.07. The van der Waals surface area contributed by atoms with E-state index in [4.69, 9.17) is 0 Å². The van der Waals surface area contributed by atoms with Crippen LogP contribution in [0.4, 0.5) is 5.69 Å². The maximum absolute atomic E-state index is 12.0. The highest BCUT2D eigenvalue weighted by atomic mass is 32.1. The molecular weight excluding hydrogens is 298 g/mol. The smallest absolute Gasteiger partial charge is 0.224 e. The van der Waals surface area contributed by atoms with Gasteiger partial charge in [-0.25, -0.2) is 4.68 Å². The van der Waals surface area contributed by atoms with E-state index >= 15 is 0 Å². The summed E-state index contributed by atoms with van der Waals surface area (Å²) in [5.74, 6) is 0.661. The Bertz CT molecular complexity index is 766. The quantitative estimate of drug-likeness (QED) is 0.785. The van der Waals surface area contributed by atoms with Crippen molar-refractivity contribution < 1.29 is 4.79 Å². The molecule has 0 unspecified atom stereocenters. The predicted octanol–water partition coefficient (Wildman–Crippen LogP) is 2.51. The third-order valence-corrected chi connectivity index (χ3v) is 3.98. The van der Waals surface area contributed by atoms with Crippen LogP contribution in [-0.4, -0.2) is 26.1 Å². The third kappa shape index (κ3) is 3.37. The zero-order valence-electron chi connectivity index (χ0n) is 12.1. The standard InChI is InChI=1S/C15H15N5OS/c1-20-15(17-18-19-20)12-3-2-4-13(9-12)16-14(21)6-5-11-7-8-22-10-11/h2-4,7-10H,5-6H2,1H3,(H,16,21). The lowest BCUT2D eigenvalue weighted by Crippen LogP contribution is -2.12. The van der Waals surface area contributed by atoms with Crippen molar-refractivity contribution in [1.29, 1.82) is 0 Å². The number of rotatable bonds is 5. The van der Waals surface area contributed by atoms with Crippen LogP contribution in [0.3, 0.4) is 0 Å². The number of aromatic nitrogens is 4. The number of nitrogens with zero attached hydrogens (tertiary/aromatic N) is 4. The van der Waals surface area contributed by atoms with E-state index in [0.717, 1.165) is 17.7 Å². The van der Waals surface area contributed by atoms with Crippen molar-refractivity contribution in [2.75, 3.05) is 5.32 Å². The number of carbonyl (C=O) groups excluding carboxylic acids is 1. The molecule has 3 rings (SSSR count). The number of aryl methyl sites for hydroxylation is 2. The molecule has 112 valence electrons. The first kappa shape index (κ1) is 14.4. The van der Waals surface area contributed by atoms with Gasteiger partial charge in [-0.2, -0.15) is 11.3 Å². The second-order valence-corrected chi connectivity index (χ2v) is 5.67. The summed E-state index contributed by atoms with van der Waals surface area (Å²) in [5.41, 5.74) is 2.80. The molecule has 1 amide bonds. The molecule has 22 heavy (non-hydrogen) atoms. The van der Waals surface area contributed by atoms with Crippen molar-refractivity contribution in [2.45, 2.75) is 12.8 Å². The van der Waals surface area contributed by atoms with Crippen molar-refractivity contribution in [1.82, 2.24) is 20.2 Å². The van der Waals surface area contributed by atoms with Crippen LogP contribution in [0.1, 0.15) is 12.0 Å². The van der Waals surface area contributed by atoms with Crippen LogP contribution in [0.15, 0.2) is 41.1 Å². The Balaban J connectivity index is 1.65. The van der Waals surface area contributed by atoms with E-state index in [1.807, 2.05) is 35.7 Å². The highest BCUT2D eigenvalue weighted by Gasteiger charge is 2.08. The van der Waals surface area contributed by atoms with Gasteiger partial charge in [0.05, 0.1) is 0 Å². The van der Waals surface area contributed by atoms with E-state index in [0.29, 0.717) is 12.2 Å². The molecule has 0 aliphatic heterocycles. The van der Waals surface area contributed by atoms with Crippen molar-refractivity contribution in [3.63, 3.8) is 0 Å². The Morgan fingerprint density at radius 3 is 3.00 bits per heavy atom. The lowest BCUT2D eigenvalue weighted by atomic mass is 10.1. The summed E-state index contributed by atoms with van der Waals surface area (Å²) in [6.45, 7) is 0. The van der Waals surface area contributed by atoms with Crippen LogP contribution in [0.2, 0.25) is 0 Å². The summed E-state index contributed by atoms with van der Waals surface area (Å²) in [6, 6.07) is 9.55. The maximum Gasteiger partial charge on any atom is 0.224 e. The van der Waals surface area contributed by atoms with Crippen molar-refractivity contribution in [2.24, 2.45) is 7.05 Å². The van der Waals surface area contributed by atoms with E-state index in [2.05, 4.69) is 26.2 Å². The van der Waals surface area contributed by atoms with Gasteiger partial charge in [-0.3, -0.25) is 4.79 Å². The Hall–Kier alpha value is -2.54. The molecule has 0 bridgehead atoms. The minimum absolute atomic E-state index is 0.000518. The molecule has 0 spiro atoms. The Morgan fingerprint density at radius 1 is 1.36 bits per heavy atom. The summed E-state index contributed by atoms with van der Waals surface area (Å²) < 4.78 is 1.59. The zero-order valence-corrected chi connectivity index (χ0v) is 12.9. The summed E-state index contributed by atoms with van der Waals surface area (Å²) in [7, 11) is 1.78. The van der Waals surface area contributed by atoms with Gasteiger partial charge in [-0.05, 0) is 51.4 Å². The van der Waals surface area contributed by atoms with Gasteiger partial charge in [0.25, 0.3) is 0 Å². The molecule has 2 heterocycles. The van der Waals surface area contributed by atoms with Gasteiger partial charge >= 0.3 is 0 Å². The van der Waals surface area contributed by atoms with Gasteiger partial charge in [0.15, 0.2) is 5.82 Å². The number of nitrogens with one attached hydrogen (secondary N) is 1. The monoisotopic (exact) mass is 313 g/mol. The molecule has 0 aliphatic rings. The molecule has 0 radical (unpaired) electrons. The van der Waals surface area contributed by atoms with Crippen molar-refractivity contribution >= 4 is 22.9 Å². The molecule has 3 aromatic rings. The van der Waals surface area contributed by atoms with Crippen molar-refractivity contribution in [3.05, 3.63) is 46.7 Å². The van der Waals surface area contributed by atoms with Crippen LogP contribution in [0.5, 0.6) is 0 Å². The number of hydrogen-bond acceptors (Lipinski definition) is 5. The number of benzene rings is 1. The van der Waals surface area contributed by atoms with Crippen LogP contribution >= 0.6 is 11.3 Å². The van der Waals surface area contributed by atoms with E-state index in [1.54, 1.807) is 23.1 Å². The van der Waals surface area contributed by atoms with Crippen LogP contribution in [0.25, 0.3) is 11.4 Å². The van der Waals surface area contributed by atoms with Gasteiger partial charge in [-0.1, -0.05) is 12.1 Å². The second kappa shape index (κ2) is 6.48. The average molecular weight is 313 g/mol. The zero-order chi connectivity index (χ0) is 15.4. The third-order valence-electron chi connectivity index (χ3n) is 3.25. The summed E-state index contributed by atoms with van der Waals surface area (Å²) in [5, 5.41) is 18.4. The Labute approximate surface area is 131 Å². The average Bonchev–Trinajstić information content (AvgIpc) is 3.16. The van der Waals surface area contributed by atoms with Gasteiger partial charge in [0.1, 0.15) is 0 Å². The molecule has 0 aliphatic carbocycles. The lowest BCUT2D eigenvalue weighted by Gasteiger charge is -2.06. The number of thiophene rings is 1. The normalized spacial score (nSPS) is 10.6. The van der Waals surface area contributed by atoms with Crippen LogP contribution < -0.4 is 5.32 Å². The summed E-state index contributed by atoms with van der Waals surface area (Å²) >= 11 is 1.64. The molecule has 0 saturated heterocycles. The van der Waals surface area contributed by atoms with Crippen LogP contribution in [-0.2, 0) is 18.3 Å². The number of carbonyl (C=O) groups is 1. The topological polar surface area (TPSA) is 72.7 Å². The SMILES string of the molecule is Cn1nnnc1-c1cccc(NC(=O)CCc2ccsc2)c1. The molecule has 1 N–H and O–H groups in total. The first-order valence-electron chi connectivity index (χ1n) is 6.86. The molecular formula is C15H15N5OS. The Morgan fingerprint density at radius 2 is 2.27 bits per heavy atom. The Kier molecular flexibility index (Phi) is 4.24. The minimum Gasteiger partial charge on any atom is -0.326 e. The molecule has 2 aromatic heterocycles. The molecule has 6 nitrogen and oxygen atoms in total. The van der Waals surface area contributed by atoms with E-state index in [1.165, 1.54) is 5.56 Å². The first-order valence-corrected chi connectivity index (χ1v) is 7.80. The number of tetrazole rings is 1. The van der Waals surface area contributed by atoms with Gasteiger partial charge in [0.2, 0.25) is 5.91 Å². The lowest BCUT2D eigenvalue weighted by molar-refractivity contribution is -0.116. The van der Waals surface area contributed by atoms with Crippen LogP contribution in [0, 0.1) is 0 Å². The van der Waals surface area contributed by atoms with Gasteiger partial charge < -0.3 is 5.32 Å². The molecule has 0 atom stereocenters. The minimum atomic E-state index is -0.000518. The molecule has 7 heteroatoms. The predicted molar refractivity (Wildman–Crippen MR) is 85.5 cm³/mol. The largest absolute Gasteiger partial charge is 0.326 e. The summed E-state index contributed by atoms with van der Waals surface area (Å²) in [6.07, 6.45) is 1.22. The summed E-state index contributed by atoms with van der Waals surface area (Å²) in [4.78, 5) is 12.0. The molecule has 0 saturated carbocycles. The number of hydrogen-bond donors (Lipinski definition) is 1. The number of amides is 1. The fraction of sp³-hybridized carbons (Fsp3) is 0.200. The molecule has 1 aromatic carbocycles. The molecule has 0 fully saturated rings.